The summed E-state index contributed by atoms with van der Waals surface area (Å²) in [6.45, 7) is 3.82. The van der Waals surface area contributed by atoms with E-state index in [1.165, 1.54) is 0 Å². The van der Waals surface area contributed by atoms with Crippen LogP contribution in [0.4, 0.5) is 0 Å². The normalized spacial score (nSPS) is 16.2. The highest BCUT2D eigenvalue weighted by Crippen LogP contribution is 2.16. The van der Waals surface area contributed by atoms with Gasteiger partial charge in [-0.2, -0.15) is 0 Å². The minimum Gasteiger partial charge on any atom is -0.342 e. The molecule has 1 aromatic heterocycles. The molecule has 0 spiro atoms. The van der Waals surface area contributed by atoms with E-state index in [9.17, 15) is 9.59 Å². The first kappa shape index (κ1) is 9.82. The summed E-state index contributed by atoms with van der Waals surface area (Å²) in [6.07, 6.45) is 2.29. The van der Waals surface area contributed by atoms with Gasteiger partial charge in [-0.1, -0.05) is 5.21 Å². The molecular weight excluding hydrogens is 196 g/mol. The van der Waals surface area contributed by atoms with E-state index < -0.39 is 0 Å². The molecule has 1 aliphatic heterocycles. The molecule has 0 unspecified atom stereocenters. The fourth-order valence-electron chi connectivity index (χ4n) is 1.66. The van der Waals surface area contributed by atoms with Crippen molar-refractivity contribution < 1.29 is 9.59 Å². The summed E-state index contributed by atoms with van der Waals surface area (Å²) in [4.78, 5) is 23.1. The Morgan fingerprint density at radius 1 is 1.67 bits per heavy atom. The minimum atomic E-state index is 0.110. The van der Waals surface area contributed by atoms with Crippen molar-refractivity contribution in [3.8, 4) is 0 Å². The van der Waals surface area contributed by atoms with Gasteiger partial charge in [-0.25, -0.2) is 0 Å². The molecule has 0 saturated carbocycles. The van der Waals surface area contributed by atoms with Gasteiger partial charge in [-0.15, -0.1) is 5.10 Å². The third-order valence-electron chi connectivity index (χ3n) is 2.52. The molecule has 0 aliphatic carbocycles. The first-order valence-electron chi connectivity index (χ1n) is 4.80. The summed E-state index contributed by atoms with van der Waals surface area (Å²) in [5.74, 6) is 0.536. The van der Waals surface area contributed by atoms with Gasteiger partial charge in [0.25, 0.3) is 0 Å². The molecule has 15 heavy (non-hydrogen) atoms. The highest BCUT2D eigenvalue weighted by Gasteiger charge is 2.28. The highest BCUT2D eigenvalue weighted by atomic mass is 16.2. The van der Waals surface area contributed by atoms with E-state index >= 15 is 0 Å². The summed E-state index contributed by atoms with van der Waals surface area (Å²) in [6, 6.07) is 0. The van der Waals surface area contributed by atoms with Gasteiger partial charge in [0.1, 0.15) is 5.69 Å². The van der Waals surface area contributed by atoms with E-state index in [1.807, 2.05) is 0 Å². The van der Waals surface area contributed by atoms with Crippen molar-refractivity contribution in [2.24, 2.45) is 5.92 Å². The van der Waals surface area contributed by atoms with Gasteiger partial charge >= 0.3 is 0 Å². The highest BCUT2D eigenvalue weighted by molar-refractivity contribution is 5.74. The molecule has 0 bridgehead atoms. The Balaban J connectivity index is 1.84. The molecule has 6 nitrogen and oxygen atoms in total. The third kappa shape index (κ3) is 2.03. The maximum atomic E-state index is 10.9. The van der Waals surface area contributed by atoms with Crippen LogP contribution in [0.1, 0.15) is 17.4 Å². The number of carbonyl (C=O) groups is 2. The molecule has 2 heterocycles. The number of amides is 1. The summed E-state index contributed by atoms with van der Waals surface area (Å²) < 4.78 is 1.64. The predicted octanol–water partition coefficient (Wildman–Crippen LogP) is -0.431. The van der Waals surface area contributed by atoms with E-state index in [4.69, 9.17) is 0 Å². The van der Waals surface area contributed by atoms with Crippen LogP contribution in [0.15, 0.2) is 6.20 Å². The minimum absolute atomic E-state index is 0.110. The molecule has 1 fully saturated rings. The maximum absolute atomic E-state index is 10.9. The molecule has 0 atom stereocenters. The number of nitrogens with zero attached hydrogens (tertiary/aromatic N) is 4. The zero-order valence-corrected chi connectivity index (χ0v) is 8.46. The van der Waals surface area contributed by atoms with Crippen LogP contribution in [-0.4, -0.2) is 45.2 Å². The maximum Gasteiger partial charge on any atom is 0.219 e. The lowest BCUT2D eigenvalue weighted by atomic mass is 10.0. The van der Waals surface area contributed by atoms with Crippen LogP contribution in [0.25, 0.3) is 0 Å². The Morgan fingerprint density at radius 3 is 2.93 bits per heavy atom. The van der Waals surface area contributed by atoms with Crippen molar-refractivity contribution >= 4 is 12.2 Å². The summed E-state index contributed by atoms with van der Waals surface area (Å²) in [7, 11) is 0. The second-order valence-corrected chi connectivity index (χ2v) is 3.77. The molecule has 6 heteroatoms. The van der Waals surface area contributed by atoms with Crippen LogP contribution < -0.4 is 0 Å². The number of aromatic nitrogens is 3. The average molecular weight is 208 g/mol. The molecule has 1 aromatic rings. The van der Waals surface area contributed by atoms with Crippen molar-refractivity contribution in [2.75, 3.05) is 13.1 Å². The number of rotatable bonds is 3. The van der Waals surface area contributed by atoms with E-state index in [0.717, 1.165) is 13.1 Å². The van der Waals surface area contributed by atoms with Crippen LogP contribution in [-0.2, 0) is 11.3 Å². The first-order chi connectivity index (χ1) is 7.19. The quantitative estimate of drug-likeness (QED) is 0.632. The summed E-state index contributed by atoms with van der Waals surface area (Å²) in [5.41, 5.74) is 0.345. The van der Waals surface area contributed by atoms with E-state index in [-0.39, 0.29) is 5.91 Å². The lowest BCUT2D eigenvalue weighted by Gasteiger charge is -2.38. The number of hydrogen-bond donors (Lipinski definition) is 0. The van der Waals surface area contributed by atoms with Crippen molar-refractivity contribution in [3.63, 3.8) is 0 Å². The van der Waals surface area contributed by atoms with Crippen LogP contribution in [0.3, 0.4) is 0 Å². The van der Waals surface area contributed by atoms with Gasteiger partial charge in [0.15, 0.2) is 6.29 Å². The largest absolute Gasteiger partial charge is 0.342 e. The Bertz CT molecular complexity index is 381. The Kier molecular flexibility index (Phi) is 2.49. The molecule has 80 valence electrons. The molecule has 0 aromatic carbocycles. The lowest BCUT2D eigenvalue weighted by Crippen LogP contribution is -2.50. The van der Waals surface area contributed by atoms with Crippen molar-refractivity contribution in [3.05, 3.63) is 11.9 Å². The van der Waals surface area contributed by atoms with Crippen molar-refractivity contribution in [1.29, 1.82) is 0 Å². The standard InChI is InChI=1S/C9H12N4O2/c1-7(15)12-2-8(3-12)4-13-5-9(6-14)10-11-13/h5-6,8H,2-4H2,1H3. The molecular formula is C9H12N4O2. The first-order valence-corrected chi connectivity index (χ1v) is 4.80. The van der Waals surface area contributed by atoms with Crippen molar-refractivity contribution in [1.82, 2.24) is 19.9 Å². The van der Waals surface area contributed by atoms with Gasteiger partial charge < -0.3 is 4.90 Å². The molecule has 1 amide bonds. The lowest BCUT2D eigenvalue weighted by molar-refractivity contribution is -0.135. The van der Waals surface area contributed by atoms with Crippen LogP contribution >= 0.6 is 0 Å². The molecule has 0 N–H and O–H groups in total. The van der Waals surface area contributed by atoms with E-state index in [2.05, 4.69) is 10.3 Å². The second-order valence-electron chi connectivity index (χ2n) is 3.77. The fourth-order valence-corrected chi connectivity index (χ4v) is 1.66. The van der Waals surface area contributed by atoms with E-state index in [0.29, 0.717) is 24.4 Å². The van der Waals surface area contributed by atoms with Gasteiger partial charge in [-0.05, 0) is 0 Å². The van der Waals surface area contributed by atoms with Gasteiger partial charge in [-0.3, -0.25) is 14.3 Å². The zero-order valence-electron chi connectivity index (χ0n) is 8.46. The SMILES string of the molecule is CC(=O)N1CC(Cn2cc(C=O)nn2)C1. The van der Waals surface area contributed by atoms with Gasteiger partial charge in [0.05, 0.1) is 6.20 Å². The Labute approximate surface area is 86.9 Å². The Morgan fingerprint density at radius 2 is 2.40 bits per heavy atom. The number of carbonyl (C=O) groups excluding carboxylic acids is 2. The number of hydrogen-bond acceptors (Lipinski definition) is 4. The smallest absolute Gasteiger partial charge is 0.219 e. The monoisotopic (exact) mass is 208 g/mol. The molecule has 0 radical (unpaired) electrons. The third-order valence-corrected chi connectivity index (χ3v) is 2.52. The zero-order chi connectivity index (χ0) is 10.8. The Hall–Kier alpha value is -1.72. The number of aldehydes is 1. The molecule has 2 rings (SSSR count). The van der Waals surface area contributed by atoms with Crippen LogP contribution in [0.5, 0.6) is 0 Å². The predicted molar refractivity (Wildman–Crippen MR) is 51.2 cm³/mol. The molecule has 1 aliphatic rings. The van der Waals surface area contributed by atoms with E-state index in [1.54, 1.807) is 22.7 Å². The van der Waals surface area contributed by atoms with Crippen LogP contribution in [0.2, 0.25) is 0 Å². The van der Waals surface area contributed by atoms with Gasteiger partial charge in [0.2, 0.25) is 5.91 Å². The van der Waals surface area contributed by atoms with Crippen LogP contribution in [0, 0.1) is 5.92 Å². The average Bonchev–Trinajstić information content (AvgIpc) is 2.57. The summed E-state index contributed by atoms with van der Waals surface area (Å²) in [5, 5.41) is 7.48. The summed E-state index contributed by atoms with van der Waals surface area (Å²) >= 11 is 0. The van der Waals surface area contributed by atoms with Gasteiger partial charge in [0, 0.05) is 32.5 Å². The topological polar surface area (TPSA) is 68.1 Å². The fraction of sp³-hybridized carbons (Fsp3) is 0.556. The molecule has 1 saturated heterocycles. The number of likely N-dealkylation sites (tertiary alicyclic amines) is 1. The second kappa shape index (κ2) is 3.80. The van der Waals surface area contributed by atoms with Crippen molar-refractivity contribution in [2.45, 2.75) is 13.5 Å².